The standard InChI is InChI=1S/C24H25N3O4/c1-27(20-10-12-31-13-11-20)24(30)16-6-8-19(9-7-16)25-22(28)15-18-14-17-4-2-3-5-21(17)26-23(18)29/h2-9,14,20H,10-13,15H2,1H3,(H,25,28)(H,26,29). The van der Waals surface area contributed by atoms with E-state index in [1.54, 1.807) is 35.2 Å². The molecule has 1 fully saturated rings. The summed E-state index contributed by atoms with van der Waals surface area (Å²) in [6.07, 6.45) is 1.64. The zero-order valence-electron chi connectivity index (χ0n) is 17.4. The largest absolute Gasteiger partial charge is 0.381 e. The maximum Gasteiger partial charge on any atom is 0.253 e. The quantitative estimate of drug-likeness (QED) is 0.665. The smallest absolute Gasteiger partial charge is 0.253 e. The van der Waals surface area contributed by atoms with Crippen molar-refractivity contribution in [1.82, 2.24) is 9.88 Å². The summed E-state index contributed by atoms with van der Waals surface area (Å²) in [6, 6.07) is 16.2. The fourth-order valence-corrected chi connectivity index (χ4v) is 3.84. The van der Waals surface area contributed by atoms with Crippen molar-refractivity contribution in [3.8, 4) is 0 Å². The van der Waals surface area contributed by atoms with Crippen molar-refractivity contribution in [2.24, 2.45) is 0 Å². The Morgan fingerprint density at radius 3 is 2.55 bits per heavy atom. The second-order valence-corrected chi connectivity index (χ2v) is 7.77. The molecule has 2 N–H and O–H groups in total. The molecule has 1 aliphatic rings. The molecule has 2 aromatic carbocycles. The van der Waals surface area contributed by atoms with Crippen LogP contribution >= 0.6 is 0 Å². The number of pyridine rings is 1. The number of aromatic nitrogens is 1. The first-order chi connectivity index (χ1) is 15.0. The minimum Gasteiger partial charge on any atom is -0.381 e. The van der Waals surface area contributed by atoms with E-state index in [9.17, 15) is 14.4 Å². The van der Waals surface area contributed by atoms with Crippen LogP contribution in [0.3, 0.4) is 0 Å². The van der Waals surface area contributed by atoms with E-state index in [1.165, 1.54) is 0 Å². The van der Waals surface area contributed by atoms with E-state index in [2.05, 4.69) is 10.3 Å². The molecule has 1 aliphatic heterocycles. The first-order valence-electron chi connectivity index (χ1n) is 10.4. The molecule has 1 saturated heterocycles. The Balaban J connectivity index is 1.39. The second kappa shape index (κ2) is 9.14. The van der Waals surface area contributed by atoms with Crippen molar-refractivity contribution in [3.05, 3.63) is 76.1 Å². The van der Waals surface area contributed by atoms with E-state index < -0.39 is 0 Å². The van der Waals surface area contributed by atoms with E-state index in [4.69, 9.17) is 4.74 Å². The number of fused-ring (bicyclic) bond motifs is 1. The highest BCUT2D eigenvalue weighted by Crippen LogP contribution is 2.18. The summed E-state index contributed by atoms with van der Waals surface area (Å²) in [4.78, 5) is 42.0. The molecule has 0 bridgehead atoms. The van der Waals surface area contributed by atoms with Gasteiger partial charge in [-0.2, -0.15) is 0 Å². The first kappa shape index (κ1) is 20.8. The molecule has 0 aliphatic carbocycles. The fraction of sp³-hybridized carbons (Fsp3) is 0.292. The number of hydrogen-bond donors (Lipinski definition) is 2. The average Bonchev–Trinajstić information content (AvgIpc) is 2.79. The van der Waals surface area contributed by atoms with Crippen LogP contribution in [0.1, 0.15) is 28.8 Å². The van der Waals surface area contributed by atoms with E-state index >= 15 is 0 Å². The number of benzene rings is 2. The van der Waals surface area contributed by atoms with Crippen molar-refractivity contribution >= 4 is 28.4 Å². The molecule has 0 radical (unpaired) electrons. The molecule has 1 aromatic heterocycles. The normalized spacial score (nSPS) is 14.4. The molecule has 0 unspecified atom stereocenters. The van der Waals surface area contributed by atoms with Gasteiger partial charge in [0.1, 0.15) is 0 Å². The minimum absolute atomic E-state index is 0.0344. The summed E-state index contributed by atoms with van der Waals surface area (Å²) >= 11 is 0. The van der Waals surface area contributed by atoms with Gasteiger partial charge in [-0.15, -0.1) is 0 Å². The molecule has 7 heteroatoms. The summed E-state index contributed by atoms with van der Waals surface area (Å²) in [5.41, 5.74) is 2.01. The van der Waals surface area contributed by atoms with E-state index in [0.29, 0.717) is 30.0 Å². The molecule has 4 rings (SSSR count). The third-order valence-electron chi connectivity index (χ3n) is 5.66. The average molecular weight is 419 g/mol. The lowest BCUT2D eigenvalue weighted by atomic mass is 10.1. The Morgan fingerprint density at radius 2 is 1.81 bits per heavy atom. The third-order valence-corrected chi connectivity index (χ3v) is 5.66. The number of ether oxygens (including phenoxy) is 1. The van der Waals surface area contributed by atoms with Crippen molar-refractivity contribution in [1.29, 1.82) is 0 Å². The van der Waals surface area contributed by atoms with Gasteiger partial charge in [0.25, 0.3) is 11.5 Å². The lowest BCUT2D eigenvalue weighted by molar-refractivity contribution is -0.115. The van der Waals surface area contributed by atoms with E-state index in [-0.39, 0.29) is 29.8 Å². The Morgan fingerprint density at radius 1 is 1.10 bits per heavy atom. The maximum atomic E-state index is 12.7. The van der Waals surface area contributed by atoms with Crippen molar-refractivity contribution in [2.45, 2.75) is 25.3 Å². The van der Waals surface area contributed by atoms with E-state index in [0.717, 1.165) is 23.7 Å². The zero-order chi connectivity index (χ0) is 21.8. The van der Waals surface area contributed by atoms with E-state index in [1.807, 2.05) is 31.3 Å². The van der Waals surface area contributed by atoms with Crippen molar-refractivity contribution < 1.29 is 14.3 Å². The number of H-pyrrole nitrogens is 1. The molecule has 3 aromatic rings. The van der Waals surface area contributed by atoms with Gasteiger partial charge in [0, 0.05) is 48.6 Å². The van der Waals surface area contributed by atoms with Crippen LogP contribution in [0.15, 0.2) is 59.4 Å². The van der Waals surface area contributed by atoms with Crippen LogP contribution in [0, 0.1) is 0 Å². The molecule has 7 nitrogen and oxygen atoms in total. The van der Waals surface area contributed by atoms with Crippen LogP contribution in [-0.2, 0) is 16.0 Å². The molecule has 0 spiro atoms. The van der Waals surface area contributed by atoms with Gasteiger partial charge < -0.3 is 19.9 Å². The number of aromatic amines is 1. The van der Waals surface area contributed by atoms with Crippen LogP contribution in [0.4, 0.5) is 5.69 Å². The Hall–Kier alpha value is -3.45. The van der Waals surface area contributed by atoms with Gasteiger partial charge >= 0.3 is 0 Å². The van der Waals surface area contributed by atoms with Crippen LogP contribution in [0.25, 0.3) is 10.9 Å². The molecular weight excluding hydrogens is 394 g/mol. The Labute approximate surface area is 180 Å². The number of nitrogens with zero attached hydrogens (tertiary/aromatic N) is 1. The predicted octanol–water partition coefficient (Wildman–Crippen LogP) is 2.96. The van der Waals surface area contributed by atoms with Gasteiger partial charge in [0.15, 0.2) is 0 Å². The highest BCUT2D eigenvalue weighted by molar-refractivity contribution is 5.96. The SMILES string of the molecule is CN(C(=O)c1ccc(NC(=O)Cc2cc3ccccc3[nH]c2=O)cc1)C1CCOCC1. The zero-order valence-corrected chi connectivity index (χ0v) is 17.4. The summed E-state index contributed by atoms with van der Waals surface area (Å²) in [7, 11) is 1.81. The van der Waals surface area contributed by atoms with Crippen molar-refractivity contribution in [2.75, 3.05) is 25.6 Å². The second-order valence-electron chi connectivity index (χ2n) is 7.77. The Bertz CT molecular complexity index is 1150. The molecule has 160 valence electrons. The van der Waals surface area contributed by atoms with Crippen LogP contribution < -0.4 is 10.9 Å². The lowest BCUT2D eigenvalue weighted by Crippen LogP contribution is -2.40. The summed E-state index contributed by atoms with van der Waals surface area (Å²) in [5.74, 6) is -0.341. The lowest BCUT2D eigenvalue weighted by Gasteiger charge is -2.31. The van der Waals surface area contributed by atoms with Crippen LogP contribution in [0.5, 0.6) is 0 Å². The number of hydrogen-bond acceptors (Lipinski definition) is 4. The monoisotopic (exact) mass is 419 g/mol. The number of rotatable bonds is 5. The number of carbonyl (C=O) groups is 2. The number of para-hydroxylation sites is 1. The molecule has 0 saturated carbocycles. The number of nitrogens with one attached hydrogen (secondary N) is 2. The molecule has 2 amide bonds. The highest BCUT2D eigenvalue weighted by Gasteiger charge is 2.23. The van der Waals surface area contributed by atoms with Crippen LogP contribution in [0.2, 0.25) is 0 Å². The minimum atomic E-state index is -0.292. The van der Waals surface area contributed by atoms with Gasteiger partial charge in [0.05, 0.1) is 6.42 Å². The number of carbonyl (C=O) groups excluding carboxylic acids is 2. The molecule has 2 heterocycles. The topological polar surface area (TPSA) is 91.5 Å². The summed E-state index contributed by atoms with van der Waals surface area (Å²) < 4.78 is 5.36. The Kier molecular flexibility index (Phi) is 6.13. The molecule has 0 atom stereocenters. The van der Waals surface area contributed by atoms with Gasteiger partial charge in [-0.05, 0) is 54.6 Å². The summed E-state index contributed by atoms with van der Waals surface area (Å²) in [5, 5.41) is 3.67. The number of anilines is 1. The predicted molar refractivity (Wildman–Crippen MR) is 119 cm³/mol. The fourth-order valence-electron chi connectivity index (χ4n) is 3.84. The van der Waals surface area contributed by atoms with Gasteiger partial charge in [-0.1, -0.05) is 18.2 Å². The molecule has 31 heavy (non-hydrogen) atoms. The van der Waals surface area contributed by atoms with Gasteiger partial charge in [0.2, 0.25) is 5.91 Å². The van der Waals surface area contributed by atoms with Gasteiger partial charge in [-0.25, -0.2) is 0 Å². The molecular formula is C24H25N3O4. The van der Waals surface area contributed by atoms with Crippen molar-refractivity contribution in [3.63, 3.8) is 0 Å². The summed E-state index contributed by atoms with van der Waals surface area (Å²) in [6.45, 7) is 1.35. The highest BCUT2D eigenvalue weighted by atomic mass is 16.5. The number of amides is 2. The van der Waals surface area contributed by atoms with Gasteiger partial charge in [-0.3, -0.25) is 14.4 Å². The first-order valence-corrected chi connectivity index (χ1v) is 10.4. The third kappa shape index (κ3) is 4.83. The maximum absolute atomic E-state index is 12.7. The van der Waals surface area contributed by atoms with Crippen LogP contribution in [-0.4, -0.2) is 48.0 Å².